The first-order valence-corrected chi connectivity index (χ1v) is 9.12. The Hall–Kier alpha value is -3.29. The number of nitrogens with one attached hydrogen (secondary N) is 3. The lowest BCUT2D eigenvalue weighted by atomic mass is 10.3. The van der Waals surface area contributed by atoms with Crippen molar-refractivity contribution in [3.8, 4) is 0 Å². The Labute approximate surface area is 165 Å². The second-order valence-corrected chi connectivity index (χ2v) is 4.74. The van der Waals surface area contributed by atoms with Crippen LogP contribution in [0.2, 0.25) is 0 Å². The van der Waals surface area contributed by atoms with Crippen molar-refractivity contribution in [2.75, 3.05) is 5.32 Å². The molecule has 0 aliphatic rings. The van der Waals surface area contributed by atoms with Gasteiger partial charge in [0, 0.05) is 18.1 Å². The normalized spacial score (nSPS) is 10.6. The minimum Gasteiger partial charge on any atom is -0.336 e. The minimum atomic E-state index is -0.408. The Morgan fingerprint density at radius 1 is 1.21 bits per heavy atom. The number of amides is 1. The van der Waals surface area contributed by atoms with Gasteiger partial charge in [0.2, 0.25) is 0 Å². The molecule has 2 aromatic rings. The van der Waals surface area contributed by atoms with Crippen molar-refractivity contribution in [1.82, 2.24) is 25.5 Å². The molecule has 0 saturated heterocycles. The van der Waals surface area contributed by atoms with Crippen LogP contribution in [0.15, 0.2) is 61.1 Å². The lowest BCUT2D eigenvalue weighted by molar-refractivity contribution is 0.0961. The molecule has 0 unspecified atom stereocenters. The van der Waals surface area contributed by atoms with E-state index in [4.69, 9.17) is 0 Å². The van der Waals surface area contributed by atoms with Crippen LogP contribution in [0.25, 0.3) is 0 Å². The maximum absolute atomic E-state index is 12.9. The van der Waals surface area contributed by atoms with Gasteiger partial charge in [-0.3, -0.25) is 14.9 Å². The van der Waals surface area contributed by atoms with Crippen molar-refractivity contribution in [2.45, 2.75) is 41.0 Å². The van der Waals surface area contributed by atoms with E-state index in [1.807, 2.05) is 27.7 Å². The highest BCUT2D eigenvalue weighted by Gasteiger charge is 2.14. The van der Waals surface area contributed by atoms with Crippen molar-refractivity contribution in [1.29, 1.82) is 0 Å². The molecule has 0 fully saturated rings. The molecule has 0 aliphatic heterocycles. The molecule has 0 atom stereocenters. The van der Waals surface area contributed by atoms with Crippen LogP contribution in [-0.2, 0) is 0 Å². The van der Waals surface area contributed by atoms with Gasteiger partial charge in [-0.25, -0.2) is 9.37 Å². The number of allylic oxidation sites excluding steroid dienone is 5. The number of hydrogen-bond acceptors (Lipinski definition) is 5. The van der Waals surface area contributed by atoms with Gasteiger partial charge in [-0.05, 0) is 25.5 Å². The third kappa shape index (κ3) is 8.88. The smallest absolute Gasteiger partial charge is 0.275 e. The van der Waals surface area contributed by atoms with E-state index in [-0.39, 0.29) is 11.6 Å². The van der Waals surface area contributed by atoms with E-state index in [0.29, 0.717) is 23.6 Å². The number of nitrogens with zero attached hydrogens (tertiary/aromatic N) is 3. The maximum atomic E-state index is 12.9. The standard InChI is InChI=1S/C16H17FN6O.2C2H6/c1-3-12(17)6-4-5-11(2)21-16(24)15-13(9-20-23-15)22-14-10-18-7-8-19-14;2*1-2/h3,5-10H,1,4H2,2H3,(H,19,22)(H,20,23)(H,21,24);2*1-2H3/b11-5+,12-6+;;. The fourth-order valence-corrected chi connectivity index (χ4v) is 1.78. The van der Waals surface area contributed by atoms with E-state index in [1.165, 1.54) is 24.7 Å². The largest absolute Gasteiger partial charge is 0.336 e. The summed E-state index contributed by atoms with van der Waals surface area (Å²) >= 11 is 0. The number of anilines is 2. The molecule has 0 radical (unpaired) electrons. The number of halogens is 1. The van der Waals surface area contributed by atoms with Crippen LogP contribution in [0.1, 0.15) is 51.5 Å². The minimum absolute atomic E-state index is 0.251. The number of rotatable bonds is 7. The van der Waals surface area contributed by atoms with Crippen molar-refractivity contribution >= 4 is 17.4 Å². The molecule has 0 aromatic carbocycles. The van der Waals surface area contributed by atoms with Crippen LogP contribution in [-0.4, -0.2) is 26.1 Å². The number of carbonyl (C=O) groups excluding carboxylic acids is 1. The third-order valence-corrected chi connectivity index (χ3v) is 2.93. The molecule has 0 aliphatic carbocycles. The van der Waals surface area contributed by atoms with E-state index < -0.39 is 5.83 Å². The zero-order valence-corrected chi connectivity index (χ0v) is 17.1. The third-order valence-electron chi connectivity index (χ3n) is 2.93. The summed E-state index contributed by atoms with van der Waals surface area (Å²) in [5.74, 6) is -0.291. The Kier molecular flexibility index (Phi) is 13.1. The summed E-state index contributed by atoms with van der Waals surface area (Å²) in [6, 6.07) is 0. The molecule has 0 saturated carbocycles. The second-order valence-electron chi connectivity index (χ2n) is 4.74. The van der Waals surface area contributed by atoms with Crippen LogP contribution in [0.4, 0.5) is 15.9 Å². The van der Waals surface area contributed by atoms with Gasteiger partial charge in [0.15, 0.2) is 0 Å². The zero-order valence-electron chi connectivity index (χ0n) is 17.1. The number of aromatic nitrogens is 4. The summed E-state index contributed by atoms with van der Waals surface area (Å²) in [6.45, 7) is 13.0. The topological polar surface area (TPSA) is 95.6 Å². The van der Waals surface area contributed by atoms with Gasteiger partial charge < -0.3 is 10.6 Å². The average molecular weight is 388 g/mol. The molecule has 1 amide bonds. The summed E-state index contributed by atoms with van der Waals surface area (Å²) in [6.07, 6.45) is 10.6. The fraction of sp³-hybridized carbons (Fsp3) is 0.300. The Balaban J connectivity index is 0.00000171. The van der Waals surface area contributed by atoms with Gasteiger partial charge in [0.25, 0.3) is 5.91 Å². The van der Waals surface area contributed by atoms with Crippen LogP contribution in [0.3, 0.4) is 0 Å². The van der Waals surface area contributed by atoms with Crippen molar-refractivity contribution in [3.05, 3.63) is 66.8 Å². The highest BCUT2D eigenvalue weighted by Crippen LogP contribution is 2.16. The molecule has 3 N–H and O–H groups in total. The fourth-order valence-electron chi connectivity index (χ4n) is 1.78. The first-order valence-electron chi connectivity index (χ1n) is 9.12. The highest BCUT2D eigenvalue weighted by atomic mass is 19.1. The number of carbonyl (C=O) groups is 1. The van der Waals surface area contributed by atoms with E-state index >= 15 is 0 Å². The first kappa shape index (κ1) is 24.7. The summed E-state index contributed by atoms with van der Waals surface area (Å²) in [7, 11) is 0. The number of aromatic amines is 1. The molecule has 0 bridgehead atoms. The first-order chi connectivity index (χ1) is 13.6. The van der Waals surface area contributed by atoms with Crippen molar-refractivity contribution in [2.24, 2.45) is 0 Å². The van der Waals surface area contributed by atoms with Crippen LogP contribution in [0.5, 0.6) is 0 Å². The average Bonchev–Trinajstić information content (AvgIpc) is 3.20. The second kappa shape index (κ2) is 14.8. The number of H-pyrrole nitrogens is 1. The summed E-state index contributed by atoms with van der Waals surface area (Å²) in [5, 5.41) is 12.1. The summed E-state index contributed by atoms with van der Waals surface area (Å²) in [4.78, 5) is 20.3. The zero-order chi connectivity index (χ0) is 21.4. The van der Waals surface area contributed by atoms with Crippen molar-refractivity contribution < 1.29 is 9.18 Å². The predicted octanol–water partition coefficient (Wildman–Crippen LogP) is 5.06. The molecule has 152 valence electrons. The molecule has 7 nitrogen and oxygen atoms in total. The van der Waals surface area contributed by atoms with Gasteiger partial charge in [-0.1, -0.05) is 40.3 Å². The molecule has 0 spiro atoms. The Morgan fingerprint density at radius 2 is 1.93 bits per heavy atom. The van der Waals surface area contributed by atoms with Crippen LogP contribution >= 0.6 is 0 Å². The van der Waals surface area contributed by atoms with E-state index in [1.54, 1.807) is 19.2 Å². The van der Waals surface area contributed by atoms with Gasteiger partial charge in [0.1, 0.15) is 17.3 Å². The lowest BCUT2D eigenvalue weighted by Crippen LogP contribution is -2.22. The summed E-state index contributed by atoms with van der Waals surface area (Å²) in [5.41, 5.74) is 1.31. The predicted molar refractivity (Wildman–Crippen MR) is 112 cm³/mol. The van der Waals surface area contributed by atoms with Gasteiger partial charge in [-0.15, -0.1) is 0 Å². The molecule has 2 aromatic heterocycles. The SMILES string of the molecule is C=C/C(F)=C\C/C=C(\C)NC(=O)c1[nH]ncc1Nc1cnccn1.CC.CC. The molecular formula is C20H29FN6O. The van der Waals surface area contributed by atoms with Crippen LogP contribution in [0, 0.1) is 0 Å². The molecule has 2 rings (SSSR count). The van der Waals surface area contributed by atoms with Crippen molar-refractivity contribution in [3.63, 3.8) is 0 Å². The summed E-state index contributed by atoms with van der Waals surface area (Å²) < 4.78 is 12.9. The monoisotopic (exact) mass is 388 g/mol. The van der Waals surface area contributed by atoms with Gasteiger partial charge in [0.05, 0.1) is 18.1 Å². The van der Waals surface area contributed by atoms with E-state index in [9.17, 15) is 9.18 Å². The quantitative estimate of drug-likeness (QED) is 0.576. The lowest BCUT2D eigenvalue weighted by Gasteiger charge is -2.07. The molecular weight excluding hydrogens is 359 g/mol. The number of hydrogen-bond donors (Lipinski definition) is 3. The Morgan fingerprint density at radius 3 is 2.54 bits per heavy atom. The molecule has 28 heavy (non-hydrogen) atoms. The van der Waals surface area contributed by atoms with Gasteiger partial charge >= 0.3 is 0 Å². The van der Waals surface area contributed by atoms with Crippen LogP contribution < -0.4 is 10.6 Å². The van der Waals surface area contributed by atoms with Gasteiger partial charge in [-0.2, -0.15) is 5.10 Å². The molecule has 8 heteroatoms. The maximum Gasteiger partial charge on any atom is 0.275 e. The van der Waals surface area contributed by atoms with E-state index in [0.717, 1.165) is 6.08 Å². The Bertz CT molecular complexity index is 768. The molecule has 2 heterocycles. The van der Waals surface area contributed by atoms with E-state index in [2.05, 4.69) is 37.4 Å². The highest BCUT2D eigenvalue weighted by molar-refractivity contribution is 5.98.